The second-order valence-corrected chi connectivity index (χ2v) is 7.35. The molecule has 1 aromatic rings. The minimum atomic E-state index is -0.399. The van der Waals surface area contributed by atoms with Gasteiger partial charge in [-0.3, -0.25) is 4.79 Å². The Morgan fingerprint density at radius 1 is 0.963 bits per heavy atom. The first kappa shape index (κ1) is 23.5. The van der Waals surface area contributed by atoms with Crippen LogP contribution in [0.5, 0.6) is 0 Å². The van der Waals surface area contributed by atoms with Crippen LogP contribution in [0.15, 0.2) is 18.2 Å². The first-order chi connectivity index (χ1) is 13.2. The van der Waals surface area contributed by atoms with Crippen molar-refractivity contribution in [2.24, 2.45) is 0 Å². The molecule has 1 radical (unpaired) electrons. The van der Waals surface area contributed by atoms with Crippen LogP contribution in [-0.4, -0.2) is 19.0 Å². The molecule has 27 heavy (non-hydrogen) atoms. The van der Waals surface area contributed by atoms with Gasteiger partial charge in [0.15, 0.2) is 0 Å². The molecule has 0 aliphatic rings. The van der Waals surface area contributed by atoms with Crippen molar-refractivity contribution in [1.29, 1.82) is 0 Å². The molecule has 0 saturated carbocycles. The maximum atomic E-state index is 12.0. The SMILES string of the molecule is CCCCCCCCCCCCCCOC(=O)c1ccc(Cl)c(N[C]=O)c1. The number of unbranched alkanes of at least 4 members (excludes halogenated alkanes) is 11. The zero-order chi connectivity index (χ0) is 19.7. The molecule has 0 aliphatic carbocycles. The fourth-order valence-corrected chi connectivity index (χ4v) is 3.16. The maximum absolute atomic E-state index is 12.0. The van der Waals surface area contributed by atoms with Gasteiger partial charge in [-0.15, -0.1) is 0 Å². The van der Waals surface area contributed by atoms with E-state index in [-0.39, 0.29) is 0 Å². The number of halogens is 1. The molecular weight excluding hydrogens is 362 g/mol. The molecule has 1 amide bonds. The maximum Gasteiger partial charge on any atom is 0.338 e. The van der Waals surface area contributed by atoms with Gasteiger partial charge in [0.05, 0.1) is 22.9 Å². The van der Waals surface area contributed by atoms with Crippen molar-refractivity contribution in [3.63, 3.8) is 0 Å². The Labute approximate surface area is 169 Å². The molecule has 1 rings (SSSR count). The van der Waals surface area contributed by atoms with Crippen LogP contribution in [0, 0.1) is 0 Å². The fourth-order valence-electron chi connectivity index (χ4n) is 2.99. The highest BCUT2D eigenvalue weighted by atomic mass is 35.5. The minimum absolute atomic E-state index is 0.353. The Morgan fingerprint density at radius 3 is 2.07 bits per heavy atom. The number of nitrogens with one attached hydrogen (secondary N) is 1. The highest BCUT2D eigenvalue weighted by molar-refractivity contribution is 6.33. The van der Waals surface area contributed by atoms with Crippen LogP contribution in [0.2, 0.25) is 5.02 Å². The van der Waals surface area contributed by atoms with Crippen LogP contribution >= 0.6 is 11.6 Å². The summed E-state index contributed by atoms with van der Waals surface area (Å²) < 4.78 is 5.28. The lowest BCUT2D eigenvalue weighted by atomic mass is 10.1. The van der Waals surface area contributed by atoms with Gasteiger partial charge in [0, 0.05) is 0 Å². The van der Waals surface area contributed by atoms with Gasteiger partial charge in [-0.1, -0.05) is 89.2 Å². The predicted molar refractivity (Wildman–Crippen MR) is 112 cm³/mol. The normalized spacial score (nSPS) is 10.6. The molecule has 0 saturated heterocycles. The number of carbonyl (C=O) groups is 1. The van der Waals surface area contributed by atoms with Crippen molar-refractivity contribution < 1.29 is 14.3 Å². The lowest BCUT2D eigenvalue weighted by Crippen LogP contribution is -2.07. The van der Waals surface area contributed by atoms with Gasteiger partial charge in [0.25, 0.3) is 0 Å². The molecule has 151 valence electrons. The van der Waals surface area contributed by atoms with Crippen LogP contribution in [-0.2, 0) is 9.53 Å². The highest BCUT2D eigenvalue weighted by Crippen LogP contribution is 2.23. The second-order valence-electron chi connectivity index (χ2n) is 6.95. The Morgan fingerprint density at radius 2 is 1.52 bits per heavy atom. The first-order valence-corrected chi connectivity index (χ1v) is 10.7. The molecule has 0 aliphatic heterocycles. The number of carbonyl (C=O) groups excluding carboxylic acids is 2. The number of rotatable bonds is 16. The Bertz CT molecular complexity index is 548. The molecule has 1 aromatic carbocycles. The number of esters is 1. The summed E-state index contributed by atoms with van der Waals surface area (Å²) in [4.78, 5) is 22.4. The van der Waals surface area contributed by atoms with Gasteiger partial charge < -0.3 is 10.1 Å². The molecule has 0 bridgehead atoms. The van der Waals surface area contributed by atoms with Crippen LogP contribution in [0.3, 0.4) is 0 Å². The summed E-state index contributed by atoms with van der Waals surface area (Å²) in [6, 6.07) is 4.64. The van der Waals surface area contributed by atoms with E-state index in [2.05, 4.69) is 12.2 Å². The van der Waals surface area contributed by atoms with Crippen LogP contribution in [0.25, 0.3) is 0 Å². The Balaban J connectivity index is 2.03. The standard InChI is InChI=1S/C22H33ClNO3/c1-2-3-4-5-6-7-8-9-10-11-12-13-16-27-22(26)19-14-15-20(23)21(17-19)24-18-25/h14-15,17H,2-13,16H2,1H3,(H,24,25). The lowest BCUT2D eigenvalue weighted by molar-refractivity contribution is 0.0497. The van der Waals surface area contributed by atoms with Crippen molar-refractivity contribution >= 4 is 29.7 Å². The Hall–Kier alpha value is -1.55. The van der Waals surface area contributed by atoms with Crippen molar-refractivity contribution in [1.82, 2.24) is 0 Å². The quantitative estimate of drug-likeness (QED) is 0.193. The van der Waals surface area contributed by atoms with Crippen molar-refractivity contribution in [2.75, 3.05) is 11.9 Å². The molecule has 4 nitrogen and oxygen atoms in total. The summed E-state index contributed by atoms with van der Waals surface area (Å²) >= 11 is 5.92. The molecule has 0 heterocycles. The minimum Gasteiger partial charge on any atom is -0.462 e. The van der Waals surface area contributed by atoms with Crippen LogP contribution in [0.4, 0.5) is 5.69 Å². The van der Waals surface area contributed by atoms with Crippen molar-refractivity contribution in [3.05, 3.63) is 28.8 Å². The first-order valence-electron chi connectivity index (χ1n) is 10.3. The topological polar surface area (TPSA) is 55.4 Å². The van der Waals surface area contributed by atoms with E-state index in [0.29, 0.717) is 22.9 Å². The molecule has 1 N–H and O–H groups in total. The van der Waals surface area contributed by atoms with E-state index in [4.69, 9.17) is 16.3 Å². The number of hydrogen-bond donors (Lipinski definition) is 1. The Kier molecular flexibility index (Phi) is 13.5. The molecule has 5 heteroatoms. The summed E-state index contributed by atoms with van der Waals surface area (Å²) in [5.41, 5.74) is 0.725. The van der Waals surface area contributed by atoms with Crippen molar-refractivity contribution in [3.8, 4) is 0 Å². The van der Waals surface area contributed by atoms with Gasteiger partial charge in [-0.2, -0.15) is 0 Å². The van der Waals surface area contributed by atoms with E-state index in [9.17, 15) is 9.59 Å². The van der Waals surface area contributed by atoms with E-state index < -0.39 is 5.97 Å². The van der Waals surface area contributed by atoms with E-state index in [1.807, 2.05) is 0 Å². The van der Waals surface area contributed by atoms with Gasteiger partial charge in [-0.25, -0.2) is 4.79 Å². The van der Waals surface area contributed by atoms with Gasteiger partial charge in [0.2, 0.25) is 0 Å². The summed E-state index contributed by atoms with van der Waals surface area (Å²) in [6.45, 7) is 2.67. The molecule has 0 spiro atoms. The van der Waals surface area contributed by atoms with Gasteiger partial charge >= 0.3 is 12.4 Å². The van der Waals surface area contributed by atoms with E-state index in [0.717, 1.165) is 12.8 Å². The second kappa shape index (κ2) is 15.5. The number of anilines is 1. The van der Waals surface area contributed by atoms with E-state index in [1.54, 1.807) is 18.5 Å². The molecule has 0 fully saturated rings. The van der Waals surface area contributed by atoms with E-state index >= 15 is 0 Å². The number of hydrogen-bond acceptors (Lipinski definition) is 3. The van der Waals surface area contributed by atoms with Crippen LogP contribution < -0.4 is 5.32 Å². The largest absolute Gasteiger partial charge is 0.462 e. The summed E-state index contributed by atoms with van der Waals surface area (Å²) in [5, 5.41) is 2.70. The summed E-state index contributed by atoms with van der Waals surface area (Å²) in [6.07, 6.45) is 16.8. The molecule has 0 aromatic heterocycles. The number of ether oxygens (including phenoxy) is 1. The highest BCUT2D eigenvalue weighted by Gasteiger charge is 2.10. The third kappa shape index (κ3) is 11.0. The van der Waals surface area contributed by atoms with E-state index in [1.165, 1.54) is 70.3 Å². The number of benzene rings is 1. The van der Waals surface area contributed by atoms with Gasteiger partial charge in [0.1, 0.15) is 0 Å². The zero-order valence-electron chi connectivity index (χ0n) is 16.5. The molecule has 0 unspecified atom stereocenters. The summed E-state index contributed by atoms with van der Waals surface area (Å²) in [5.74, 6) is -0.399. The fraction of sp³-hybridized carbons (Fsp3) is 0.636. The summed E-state index contributed by atoms with van der Waals surface area (Å²) in [7, 11) is 0. The molecular formula is C22H33ClNO3. The average Bonchev–Trinajstić information content (AvgIpc) is 2.67. The van der Waals surface area contributed by atoms with Crippen LogP contribution in [0.1, 0.15) is 94.3 Å². The van der Waals surface area contributed by atoms with Crippen molar-refractivity contribution in [2.45, 2.75) is 84.0 Å². The average molecular weight is 395 g/mol. The zero-order valence-corrected chi connectivity index (χ0v) is 17.3. The van der Waals surface area contributed by atoms with Gasteiger partial charge in [-0.05, 0) is 24.6 Å². The third-order valence-corrected chi connectivity index (χ3v) is 4.95. The monoisotopic (exact) mass is 394 g/mol. The number of amides is 1. The third-order valence-electron chi connectivity index (χ3n) is 4.62. The predicted octanol–water partition coefficient (Wildman–Crippen LogP) is 6.68. The molecule has 0 atom stereocenters. The lowest BCUT2D eigenvalue weighted by Gasteiger charge is -2.07. The smallest absolute Gasteiger partial charge is 0.338 e.